The van der Waals surface area contributed by atoms with Gasteiger partial charge < -0.3 is 9.84 Å². The number of rotatable bonds is 4. The normalized spacial score (nSPS) is 19.8. The van der Waals surface area contributed by atoms with E-state index in [0.29, 0.717) is 6.42 Å². The van der Waals surface area contributed by atoms with Gasteiger partial charge >= 0.3 is 5.97 Å². The molecule has 1 N–H and O–H groups in total. The largest absolute Gasteiger partial charge is 0.497 e. The average Bonchev–Trinajstić information content (AvgIpc) is 2.73. The van der Waals surface area contributed by atoms with Gasteiger partial charge in [-0.3, -0.25) is 4.79 Å². The van der Waals surface area contributed by atoms with E-state index in [1.54, 1.807) is 7.11 Å². The summed E-state index contributed by atoms with van der Waals surface area (Å²) in [4.78, 5) is 11.2. The number of carboxylic acid groups (broad SMARTS) is 1. The van der Waals surface area contributed by atoms with Crippen LogP contribution in [0.2, 0.25) is 0 Å². The molecule has 0 heterocycles. The van der Waals surface area contributed by atoms with Gasteiger partial charge in [0.25, 0.3) is 0 Å². The van der Waals surface area contributed by atoms with Crippen LogP contribution in [0.5, 0.6) is 5.75 Å². The maximum atomic E-state index is 11.2. The fraction of sp³-hybridized carbons (Fsp3) is 0.500. The summed E-state index contributed by atoms with van der Waals surface area (Å²) in [5, 5.41) is 9.24. The monoisotopic (exact) mass is 234 g/mol. The number of aryl methyl sites for hydroxylation is 1. The summed E-state index contributed by atoms with van der Waals surface area (Å²) in [6, 6.07) is 5.98. The molecule has 1 aliphatic rings. The van der Waals surface area contributed by atoms with Crippen LogP contribution in [-0.4, -0.2) is 18.2 Å². The second-order valence-corrected chi connectivity index (χ2v) is 4.56. The van der Waals surface area contributed by atoms with Crippen LogP contribution >= 0.6 is 0 Å². The minimum absolute atomic E-state index is 0.165. The summed E-state index contributed by atoms with van der Waals surface area (Å²) >= 11 is 0. The molecule has 0 saturated heterocycles. The quantitative estimate of drug-likeness (QED) is 0.871. The number of hydrogen-bond acceptors (Lipinski definition) is 2. The predicted molar refractivity (Wildman–Crippen MR) is 65.5 cm³/mol. The number of methoxy groups -OCH3 is 1. The molecule has 2 atom stereocenters. The Kier molecular flexibility index (Phi) is 3.36. The van der Waals surface area contributed by atoms with E-state index < -0.39 is 5.97 Å². The first-order valence-corrected chi connectivity index (χ1v) is 6.07. The van der Waals surface area contributed by atoms with Crippen LogP contribution in [-0.2, 0) is 11.2 Å². The van der Waals surface area contributed by atoms with Gasteiger partial charge in [0.1, 0.15) is 5.75 Å². The van der Waals surface area contributed by atoms with Crippen LogP contribution in [0.15, 0.2) is 18.2 Å². The Bertz CT molecular complexity index is 425. The molecule has 0 aliphatic heterocycles. The highest BCUT2D eigenvalue weighted by atomic mass is 16.5. The molecule has 17 heavy (non-hydrogen) atoms. The number of aliphatic carboxylic acids is 1. The van der Waals surface area contributed by atoms with Gasteiger partial charge in [-0.25, -0.2) is 0 Å². The summed E-state index contributed by atoms with van der Waals surface area (Å²) in [7, 11) is 1.65. The summed E-state index contributed by atoms with van der Waals surface area (Å²) in [6.07, 6.45) is 2.58. The fourth-order valence-corrected chi connectivity index (χ4v) is 2.80. The Hall–Kier alpha value is -1.51. The minimum atomic E-state index is -0.679. The van der Waals surface area contributed by atoms with E-state index in [4.69, 9.17) is 4.74 Å². The molecule has 0 aromatic heterocycles. The molecular formula is C14H18O3. The molecule has 1 aromatic rings. The molecule has 0 saturated carbocycles. The zero-order valence-corrected chi connectivity index (χ0v) is 10.3. The maximum absolute atomic E-state index is 11.2. The summed E-state index contributed by atoms with van der Waals surface area (Å²) in [6.45, 7) is 1.94. The van der Waals surface area contributed by atoms with E-state index in [1.165, 1.54) is 11.1 Å². The van der Waals surface area contributed by atoms with Gasteiger partial charge in [0.15, 0.2) is 0 Å². The number of carbonyl (C=O) groups is 1. The van der Waals surface area contributed by atoms with E-state index in [2.05, 4.69) is 0 Å². The van der Waals surface area contributed by atoms with Crippen LogP contribution in [0.3, 0.4) is 0 Å². The lowest BCUT2D eigenvalue weighted by molar-refractivity contribution is -0.142. The summed E-state index contributed by atoms with van der Waals surface area (Å²) in [5.74, 6) is 0.0805. The Morgan fingerprint density at radius 2 is 2.35 bits per heavy atom. The number of carboxylic acids is 1. The zero-order valence-electron chi connectivity index (χ0n) is 10.3. The molecule has 2 rings (SSSR count). The van der Waals surface area contributed by atoms with Crippen molar-refractivity contribution in [2.45, 2.75) is 32.1 Å². The number of ether oxygens (including phenoxy) is 1. The third-order valence-corrected chi connectivity index (χ3v) is 3.72. The van der Waals surface area contributed by atoms with Crippen molar-refractivity contribution in [3.05, 3.63) is 29.3 Å². The van der Waals surface area contributed by atoms with Crippen molar-refractivity contribution >= 4 is 5.97 Å². The van der Waals surface area contributed by atoms with Gasteiger partial charge in [-0.2, -0.15) is 0 Å². The van der Waals surface area contributed by atoms with Gasteiger partial charge in [-0.05, 0) is 48.4 Å². The molecule has 0 amide bonds. The fourth-order valence-electron chi connectivity index (χ4n) is 2.80. The van der Waals surface area contributed by atoms with Crippen molar-refractivity contribution in [1.29, 1.82) is 0 Å². The van der Waals surface area contributed by atoms with Crippen LogP contribution in [0.4, 0.5) is 0 Å². The van der Waals surface area contributed by atoms with Crippen LogP contribution in [0.25, 0.3) is 0 Å². The first-order valence-electron chi connectivity index (χ1n) is 6.07. The van der Waals surface area contributed by atoms with Crippen molar-refractivity contribution in [2.75, 3.05) is 7.11 Å². The first-order chi connectivity index (χ1) is 8.17. The molecule has 0 radical (unpaired) electrons. The van der Waals surface area contributed by atoms with E-state index in [-0.39, 0.29) is 11.8 Å². The first kappa shape index (κ1) is 12.0. The molecular weight excluding hydrogens is 216 g/mol. The maximum Gasteiger partial charge on any atom is 0.307 e. The molecule has 0 spiro atoms. The molecule has 0 bridgehead atoms. The molecule has 1 aromatic carbocycles. The predicted octanol–water partition coefficient (Wildman–Crippen LogP) is 2.84. The van der Waals surface area contributed by atoms with Crippen molar-refractivity contribution in [2.24, 2.45) is 5.92 Å². The lowest BCUT2D eigenvalue weighted by Crippen LogP contribution is -2.19. The number of fused-ring (bicyclic) bond motifs is 1. The molecule has 1 aliphatic carbocycles. The lowest BCUT2D eigenvalue weighted by atomic mass is 9.85. The van der Waals surface area contributed by atoms with Gasteiger partial charge in [0.2, 0.25) is 0 Å². The smallest absolute Gasteiger partial charge is 0.307 e. The van der Waals surface area contributed by atoms with Gasteiger partial charge in [0, 0.05) is 0 Å². The van der Waals surface area contributed by atoms with Crippen LogP contribution in [0, 0.1) is 5.92 Å². The van der Waals surface area contributed by atoms with Crippen LogP contribution < -0.4 is 4.74 Å². The van der Waals surface area contributed by atoms with Crippen molar-refractivity contribution in [1.82, 2.24) is 0 Å². The number of hydrogen-bond donors (Lipinski definition) is 1. The van der Waals surface area contributed by atoms with Gasteiger partial charge in [-0.15, -0.1) is 0 Å². The molecule has 92 valence electrons. The molecule has 1 unspecified atom stereocenters. The SMILES string of the molecule is CCC(C(=O)O)[C@@H]1CCc2cc(OC)ccc21. The second kappa shape index (κ2) is 4.78. The Morgan fingerprint density at radius 1 is 1.59 bits per heavy atom. The van der Waals surface area contributed by atoms with Gasteiger partial charge in [-0.1, -0.05) is 13.0 Å². The molecule has 3 nitrogen and oxygen atoms in total. The highest BCUT2D eigenvalue weighted by molar-refractivity contribution is 5.71. The Morgan fingerprint density at radius 3 is 2.94 bits per heavy atom. The van der Waals surface area contributed by atoms with Gasteiger partial charge in [0.05, 0.1) is 13.0 Å². The summed E-state index contributed by atoms with van der Waals surface area (Å²) < 4.78 is 5.19. The standard InChI is InChI=1S/C14H18O3/c1-3-11(14(15)16)13-6-4-9-8-10(17-2)5-7-12(9)13/h5,7-8,11,13H,3-4,6H2,1-2H3,(H,15,16)/t11?,13-/m0/s1. The molecule has 0 fully saturated rings. The van der Waals surface area contributed by atoms with Crippen LogP contribution in [0.1, 0.15) is 36.8 Å². The third kappa shape index (κ3) is 2.14. The lowest BCUT2D eigenvalue weighted by Gasteiger charge is -2.19. The third-order valence-electron chi connectivity index (χ3n) is 3.72. The van der Waals surface area contributed by atoms with E-state index in [9.17, 15) is 9.90 Å². The van der Waals surface area contributed by atoms with Crippen molar-refractivity contribution in [3.63, 3.8) is 0 Å². The van der Waals surface area contributed by atoms with Crippen molar-refractivity contribution < 1.29 is 14.6 Å². The number of benzene rings is 1. The highest BCUT2D eigenvalue weighted by Gasteiger charge is 2.33. The topological polar surface area (TPSA) is 46.5 Å². The minimum Gasteiger partial charge on any atom is -0.497 e. The second-order valence-electron chi connectivity index (χ2n) is 4.56. The Labute approximate surface area is 101 Å². The highest BCUT2D eigenvalue weighted by Crippen LogP contribution is 2.41. The Balaban J connectivity index is 2.30. The van der Waals surface area contributed by atoms with Crippen molar-refractivity contribution in [3.8, 4) is 5.75 Å². The molecule has 3 heteroatoms. The average molecular weight is 234 g/mol. The van der Waals surface area contributed by atoms with E-state index in [0.717, 1.165) is 18.6 Å². The van der Waals surface area contributed by atoms with E-state index in [1.807, 2.05) is 25.1 Å². The zero-order chi connectivity index (χ0) is 12.4. The van der Waals surface area contributed by atoms with E-state index >= 15 is 0 Å². The summed E-state index contributed by atoms with van der Waals surface area (Å²) in [5.41, 5.74) is 2.44.